The van der Waals surface area contributed by atoms with Crippen LogP contribution in [0.4, 0.5) is 0 Å². The zero-order valence-electron chi connectivity index (χ0n) is 10.6. The Hall–Kier alpha value is -0.530. The van der Waals surface area contributed by atoms with E-state index in [9.17, 15) is 0 Å². The number of likely N-dealkylation sites (N-methyl/N-ethyl adjacent to an activating group) is 1. The van der Waals surface area contributed by atoms with Crippen LogP contribution in [0, 0.1) is 0 Å². The normalized spacial score (nSPS) is 25.1. The highest BCUT2D eigenvalue weighted by Gasteiger charge is 2.26. The van der Waals surface area contributed by atoms with Gasteiger partial charge in [-0.1, -0.05) is 43.2 Å². The predicted molar refractivity (Wildman–Crippen MR) is 74.7 cm³/mol. The highest BCUT2D eigenvalue weighted by Crippen LogP contribution is 2.26. The van der Waals surface area contributed by atoms with Crippen LogP contribution in [0.5, 0.6) is 0 Å². The molecule has 1 aromatic rings. The maximum atomic E-state index is 6.42. The molecule has 0 saturated heterocycles. The molecule has 2 atom stereocenters. The van der Waals surface area contributed by atoms with Gasteiger partial charge in [-0.25, -0.2) is 0 Å². The maximum absolute atomic E-state index is 6.42. The third-order valence-corrected chi connectivity index (χ3v) is 4.32. The van der Waals surface area contributed by atoms with Crippen LogP contribution in [0.3, 0.4) is 0 Å². The molecular formula is C15H22ClN. The molecular weight excluding hydrogens is 230 g/mol. The Kier molecular flexibility index (Phi) is 4.87. The van der Waals surface area contributed by atoms with Crippen molar-refractivity contribution < 1.29 is 0 Å². The van der Waals surface area contributed by atoms with E-state index in [4.69, 9.17) is 11.6 Å². The first-order chi connectivity index (χ1) is 8.27. The van der Waals surface area contributed by atoms with E-state index >= 15 is 0 Å². The van der Waals surface area contributed by atoms with Crippen LogP contribution >= 0.6 is 11.6 Å². The van der Waals surface area contributed by atoms with Gasteiger partial charge in [-0.3, -0.25) is 0 Å². The summed E-state index contributed by atoms with van der Waals surface area (Å²) in [6.07, 6.45) is 6.21. The lowest BCUT2D eigenvalue weighted by Crippen LogP contribution is -2.41. The summed E-state index contributed by atoms with van der Waals surface area (Å²) in [5.41, 5.74) is 1.42. The molecule has 1 aromatic carbocycles. The van der Waals surface area contributed by atoms with E-state index in [1.807, 2.05) is 0 Å². The summed E-state index contributed by atoms with van der Waals surface area (Å²) in [5.74, 6) is 0. The molecule has 0 amide bonds. The first-order valence-electron chi connectivity index (χ1n) is 6.65. The van der Waals surface area contributed by atoms with Crippen LogP contribution in [0.25, 0.3) is 0 Å². The SMILES string of the molecule is CN(CCc1ccccc1)C1CCCCC1Cl. The maximum Gasteiger partial charge on any atom is 0.0491 e. The van der Waals surface area contributed by atoms with Crippen LogP contribution in [-0.4, -0.2) is 29.9 Å². The Morgan fingerprint density at radius 2 is 1.88 bits per heavy atom. The third-order valence-electron chi connectivity index (χ3n) is 3.81. The highest BCUT2D eigenvalue weighted by molar-refractivity contribution is 6.21. The molecule has 0 aliphatic heterocycles. The first kappa shape index (κ1) is 12.9. The quantitative estimate of drug-likeness (QED) is 0.738. The summed E-state index contributed by atoms with van der Waals surface area (Å²) >= 11 is 6.42. The van der Waals surface area contributed by atoms with E-state index in [-0.39, 0.29) is 0 Å². The van der Waals surface area contributed by atoms with E-state index in [1.165, 1.54) is 31.2 Å². The molecule has 2 unspecified atom stereocenters. The van der Waals surface area contributed by atoms with Gasteiger partial charge in [0.05, 0.1) is 0 Å². The van der Waals surface area contributed by atoms with E-state index in [0.29, 0.717) is 11.4 Å². The Morgan fingerprint density at radius 1 is 1.18 bits per heavy atom. The summed E-state index contributed by atoms with van der Waals surface area (Å²) in [7, 11) is 2.22. The molecule has 0 heterocycles. The molecule has 0 aromatic heterocycles. The van der Waals surface area contributed by atoms with Crippen molar-refractivity contribution in [3.8, 4) is 0 Å². The second-order valence-corrected chi connectivity index (χ2v) is 5.64. The molecule has 1 saturated carbocycles. The minimum atomic E-state index is 0.351. The van der Waals surface area contributed by atoms with Crippen LogP contribution in [0.2, 0.25) is 0 Å². The molecule has 0 bridgehead atoms. The number of hydrogen-bond acceptors (Lipinski definition) is 1. The number of alkyl halides is 1. The number of benzene rings is 1. The van der Waals surface area contributed by atoms with Gasteiger partial charge in [0.25, 0.3) is 0 Å². The molecule has 2 heteroatoms. The van der Waals surface area contributed by atoms with Gasteiger partial charge >= 0.3 is 0 Å². The minimum absolute atomic E-state index is 0.351. The van der Waals surface area contributed by atoms with Gasteiger partial charge in [0.15, 0.2) is 0 Å². The molecule has 1 aliphatic rings. The summed E-state index contributed by atoms with van der Waals surface area (Å²) in [6, 6.07) is 11.3. The fourth-order valence-corrected chi connectivity index (χ4v) is 3.15. The molecule has 0 N–H and O–H groups in total. The largest absolute Gasteiger partial charge is 0.302 e. The number of nitrogens with zero attached hydrogens (tertiary/aromatic N) is 1. The zero-order valence-corrected chi connectivity index (χ0v) is 11.4. The molecule has 1 nitrogen and oxygen atoms in total. The van der Waals surface area contributed by atoms with Crippen molar-refractivity contribution in [2.45, 2.75) is 43.5 Å². The lowest BCUT2D eigenvalue weighted by molar-refractivity contribution is 0.198. The van der Waals surface area contributed by atoms with Gasteiger partial charge < -0.3 is 4.90 Å². The third kappa shape index (κ3) is 3.72. The molecule has 0 spiro atoms. The fraction of sp³-hybridized carbons (Fsp3) is 0.600. The Morgan fingerprint density at radius 3 is 2.59 bits per heavy atom. The average molecular weight is 252 g/mol. The monoisotopic (exact) mass is 251 g/mol. The van der Waals surface area contributed by atoms with Crippen LogP contribution in [0.15, 0.2) is 30.3 Å². The molecule has 1 aliphatic carbocycles. The van der Waals surface area contributed by atoms with Crippen LogP contribution in [0.1, 0.15) is 31.2 Å². The molecule has 94 valence electrons. The molecule has 17 heavy (non-hydrogen) atoms. The molecule has 0 radical (unpaired) electrons. The predicted octanol–water partition coefficient (Wildman–Crippen LogP) is 3.71. The standard InChI is InChI=1S/C15H22ClN/c1-17(15-10-6-5-9-14(15)16)12-11-13-7-3-2-4-8-13/h2-4,7-8,14-15H,5-6,9-12H2,1H3. The van der Waals surface area contributed by atoms with Gasteiger partial charge in [0, 0.05) is 18.0 Å². The van der Waals surface area contributed by atoms with E-state index in [2.05, 4.69) is 42.3 Å². The van der Waals surface area contributed by atoms with Gasteiger partial charge in [-0.15, -0.1) is 11.6 Å². The van der Waals surface area contributed by atoms with Gasteiger partial charge in [-0.2, -0.15) is 0 Å². The van der Waals surface area contributed by atoms with E-state index in [1.54, 1.807) is 0 Å². The summed E-state index contributed by atoms with van der Waals surface area (Å²) in [5, 5.41) is 0.351. The smallest absolute Gasteiger partial charge is 0.0491 e. The lowest BCUT2D eigenvalue weighted by atomic mass is 9.93. The number of hydrogen-bond donors (Lipinski definition) is 0. The average Bonchev–Trinajstić information content (AvgIpc) is 2.38. The van der Waals surface area contributed by atoms with Gasteiger partial charge in [0.1, 0.15) is 0 Å². The van der Waals surface area contributed by atoms with Crippen molar-refractivity contribution in [1.29, 1.82) is 0 Å². The van der Waals surface area contributed by atoms with Crippen molar-refractivity contribution >= 4 is 11.6 Å². The van der Waals surface area contributed by atoms with E-state index in [0.717, 1.165) is 13.0 Å². The lowest BCUT2D eigenvalue weighted by Gasteiger charge is -2.34. The van der Waals surface area contributed by atoms with Crippen molar-refractivity contribution in [2.24, 2.45) is 0 Å². The van der Waals surface area contributed by atoms with Gasteiger partial charge in [-0.05, 0) is 31.9 Å². The van der Waals surface area contributed by atoms with Crippen molar-refractivity contribution in [3.63, 3.8) is 0 Å². The summed E-state index contributed by atoms with van der Waals surface area (Å²) < 4.78 is 0. The van der Waals surface area contributed by atoms with Crippen molar-refractivity contribution in [3.05, 3.63) is 35.9 Å². The Balaban J connectivity index is 1.82. The topological polar surface area (TPSA) is 3.24 Å². The summed E-state index contributed by atoms with van der Waals surface area (Å²) in [4.78, 5) is 2.45. The highest BCUT2D eigenvalue weighted by atomic mass is 35.5. The Bertz CT molecular complexity index is 325. The number of rotatable bonds is 4. The molecule has 1 fully saturated rings. The second-order valence-electron chi connectivity index (χ2n) is 5.08. The fourth-order valence-electron chi connectivity index (χ4n) is 2.68. The van der Waals surface area contributed by atoms with Crippen molar-refractivity contribution in [1.82, 2.24) is 4.90 Å². The van der Waals surface area contributed by atoms with E-state index < -0.39 is 0 Å². The zero-order chi connectivity index (χ0) is 12.1. The summed E-state index contributed by atoms with van der Waals surface area (Å²) in [6.45, 7) is 1.11. The number of halogens is 1. The molecule has 2 rings (SSSR count). The second kappa shape index (κ2) is 6.42. The Labute approximate surface area is 110 Å². The van der Waals surface area contributed by atoms with Crippen LogP contribution in [-0.2, 0) is 6.42 Å². The van der Waals surface area contributed by atoms with Crippen molar-refractivity contribution in [2.75, 3.05) is 13.6 Å². The van der Waals surface area contributed by atoms with Gasteiger partial charge in [0.2, 0.25) is 0 Å². The first-order valence-corrected chi connectivity index (χ1v) is 7.09. The van der Waals surface area contributed by atoms with Crippen LogP contribution < -0.4 is 0 Å². The minimum Gasteiger partial charge on any atom is -0.302 e.